The lowest BCUT2D eigenvalue weighted by Crippen LogP contribution is -2.28. The second kappa shape index (κ2) is 10.1. The van der Waals surface area contributed by atoms with Crippen LogP contribution >= 0.6 is 0 Å². The molecule has 0 aliphatic heterocycles. The Morgan fingerprint density at radius 2 is 2.00 bits per heavy atom. The third-order valence-electron chi connectivity index (χ3n) is 5.06. The Kier molecular flexibility index (Phi) is 7.23. The number of halogens is 1. The number of nitrogens with zero attached hydrogens (tertiary/aromatic N) is 2. The van der Waals surface area contributed by atoms with Crippen LogP contribution in [0.25, 0.3) is 11.8 Å². The summed E-state index contributed by atoms with van der Waals surface area (Å²) in [5.74, 6) is 0.270. The molecule has 0 fully saturated rings. The topological polar surface area (TPSA) is 56.2 Å². The number of hydrogen-bond acceptors (Lipinski definition) is 3. The van der Waals surface area contributed by atoms with Crippen LogP contribution < -0.4 is 10.1 Å². The highest BCUT2D eigenvalue weighted by atomic mass is 19.1. The highest BCUT2D eigenvalue weighted by Crippen LogP contribution is 2.26. The first-order chi connectivity index (χ1) is 14.9. The van der Waals surface area contributed by atoms with E-state index in [2.05, 4.69) is 10.3 Å². The second-order valence-corrected chi connectivity index (χ2v) is 7.52. The average Bonchev–Trinajstić information content (AvgIpc) is 3.19. The van der Waals surface area contributed by atoms with Gasteiger partial charge in [-0.2, -0.15) is 0 Å². The van der Waals surface area contributed by atoms with Gasteiger partial charge in [-0.1, -0.05) is 31.5 Å². The van der Waals surface area contributed by atoms with E-state index in [1.807, 2.05) is 55.8 Å². The Balaban J connectivity index is 1.83. The zero-order chi connectivity index (χ0) is 22.4. The van der Waals surface area contributed by atoms with Crippen LogP contribution in [0, 0.1) is 12.7 Å². The number of aryl methyl sites for hydroxylation is 1. The van der Waals surface area contributed by atoms with Crippen LogP contribution in [-0.4, -0.2) is 22.6 Å². The Bertz CT molecular complexity index is 1070. The minimum atomic E-state index is -0.294. The molecule has 6 heteroatoms. The van der Waals surface area contributed by atoms with Gasteiger partial charge in [-0.3, -0.25) is 4.79 Å². The molecule has 1 atom stereocenters. The molecule has 31 heavy (non-hydrogen) atoms. The highest BCUT2D eigenvalue weighted by molar-refractivity contribution is 5.98. The molecule has 0 radical (unpaired) electrons. The van der Waals surface area contributed by atoms with Crippen LogP contribution in [0.5, 0.6) is 5.75 Å². The lowest BCUT2D eigenvalue weighted by molar-refractivity contribution is -0.118. The van der Waals surface area contributed by atoms with E-state index in [1.165, 1.54) is 12.1 Å². The molecule has 0 spiro atoms. The molecular formula is C25H28FN3O2. The number of nitrogens with one attached hydrogen (secondary N) is 1. The van der Waals surface area contributed by atoms with Gasteiger partial charge in [0.15, 0.2) is 0 Å². The monoisotopic (exact) mass is 421 g/mol. The van der Waals surface area contributed by atoms with Gasteiger partial charge in [-0.25, -0.2) is 9.37 Å². The van der Waals surface area contributed by atoms with Crippen molar-refractivity contribution in [2.24, 2.45) is 0 Å². The molecule has 3 rings (SSSR count). The van der Waals surface area contributed by atoms with Crippen molar-refractivity contribution in [2.45, 2.75) is 39.7 Å². The average molecular weight is 422 g/mol. The van der Waals surface area contributed by atoms with Crippen molar-refractivity contribution in [1.29, 1.82) is 0 Å². The molecule has 0 bridgehead atoms. The van der Waals surface area contributed by atoms with Gasteiger partial charge < -0.3 is 14.6 Å². The molecule has 0 aliphatic carbocycles. The standard InChI is InChI=1S/C25H28FN3O2/c1-5-6-21(25(30)28-18(3)20-8-10-22(26)11-9-20)13-19-7-12-23(24(14-19)31-4)29-15-17(2)27-16-29/h7-16,18H,5-6H2,1-4H3,(H,28,30)/t18-/m0/s1. The van der Waals surface area contributed by atoms with Crippen LogP contribution in [0.3, 0.4) is 0 Å². The molecule has 1 aromatic heterocycles. The fraction of sp³-hybridized carbons (Fsp3) is 0.280. The van der Waals surface area contributed by atoms with E-state index in [4.69, 9.17) is 4.74 Å². The zero-order valence-corrected chi connectivity index (χ0v) is 18.4. The Morgan fingerprint density at radius 3 is 2.61 bits per heavy atom. The predicted octanol–water partition coefficient (Wildman–Crippen LogP) is 5.39. The summed E-state index contributed by atoms with van der Waals surface area (Å²) in [6, 6.07) is 11.8. The summed E-state index contributed by atoms with van der Waals surface area (Å²) in [5.41, 5.74) is 4.22. The molecule has 1 amide bonds. The second-order valence-electron chi connectivity index (χ2n) is 7.52. The van der Waals surface area contributed by atoms with Gasteiger partial charge in [0, 0.05) is 11.8 Å². The number of rotatable bonds is 8. The molecular weight excluding hydrogens is 393 g/mol. The maximum Gasteiger partial charge on any atom is 0.247 e. The summed E-state index contributed by atoms with van der Waals surface area (Å²) in [6.45, 7) is 5.86. The fourth-order valence-corrected chi connectivity index (χ4v) is 3.40. The summed E-state index contributed by atoms with van der Waals surface area (Å²) in [5, 5.41) is 3.02. The molecule has 1 heterocycles. The smallest absolute Gasteiger partial charge is 0.247 e. The number of ether oxygens (including phenoxy) is 1. The summed E-state index contributed by atoms with van der Waals surface area (Å²) < 4.78 is 20.7. The van der Waals surface area contributed by atoms with Gasteiger partial charge in [0.05, 0.1) is 30.9 Å². The van der Waals surface area contributed by atoms with Crippen molar-refractivity contribution < 1.29 is 13.9 Å². The van der Waals surface area contributed by atoms with Gasteiger partial charge in [0.2, 0.25) is 5.91 Å². The quantitative estimate of drug-likeness (QED) is 0.496. The molecule has 1 N–H and O–H groups in total. The molecule has 0 aliphatic rings. The molecule has 2 aromatic carbocycles. The van der Waals surface area contributed by atoms with Crippen LogP contribution in [0.1, 0.15) is 49.6 Å². The number of methoxy groups -OCH3 is 1. The van der Waals surface area contributed by atoms with Crippen molar-refractivity contribution in [2.75, 3.05) is 7.11 Å². The summed E-state index contributed by atoms with van der Waals surface area (Å²) >= 11 is 0. The number of benzene rings is 2. The minimum absolute atomic E-state index is 0.132. The van der Waals surface area contributed by atoms with E-state index in [9.17, 15) is 9.18 Å². The number of imidazole rings is 1. The molecule has 0 saturated carbocycles. The van der Waals surface area contributed by atoms with Gasteiger partial charge >= 0.3 is 0 Å². The van der Waals surface area contributed by atoms with Crippen LogP contribution in [0.15, 0.2) is 60.6 Å². The molecule has 0 unspecified atom stereocenters. The third kappa shape index (κ3) is 5.60. The van der Waals surface area contributed by atoms with Crippen LogP contribution in [0.2, 0.25) is 0 Å². The highest BCUT2D eigenvalue weighted by Gasteiger charge is 2.14. The number of carbonyl (C=O) groups is 1. The normalized spacial score (nSPS) is 12.5. The lowest BCUT2D eigenvalue weighted by Gasteiger charge is -2.16. The number of aromatic nitrogens is 2. The SMILES string of the molecule is CCCC(=Cc1ccc(-n2cnc(C)c2)c(OC)c1)C(=O)N[C@@H](C)c1ccc(F)cc1. The predicted molar refractivity (Wildman–Crippen MR) is 121 cm³/mol. The summed E-state index contributed by atoms with van der Waals surface area (Å²) in [7, 11) is 1.63. The van der Waals surface area contributed by atoms with Crippen molar-refractivity contribution in [1.82, 2.24) is 14.9 Å². The van der Waals surface area contributed by atoms with E-state index in [0.29, 0.717) is 17.7 Å². The van der Waals surface area contributed by atoms with Crippen molar-refractivity contribution in [3.8, 4) is 11.4 Å². The first-order valence-electron chi connectivity index (χ1n) is 10.4. The summed E-state index contributed by atoms with van der Waals surface area (Å²) in [4.78, 5) is 17.2. The van der Waals surface area contributed by atoms with Crippen LogP contribution in [-0.2, 0) is 4.79 Å². The van der Waals surface area contributed by atoms with E-state index in [0.717, 1.165) is 28.9 Å². The van der Waals surface area contributed by atoms with Crippen LogP contribution in [0.4, 0.5) is 4.39 Å². The minimum Gasteiger partial charge on any atom is -0.495 e. The molecule has 3 aromatic rings. The molecule has 0 saturated heterocycles. The van der Waals surface area contributed by atoms with Gasteiger partial charge in [0.1, 0.15) is 11.6 Å². The van der Waals surface area contributed by atoms with Crippen molar-refractivity contribution in [3.63, 3.8) is 0 Å². The Hall–Kier alpha value is -3.41. The molecule has 162 valence electrons. The number of carbonyl (C=O) groups excluding carboxylic acids is 1. The molecule has 5 nitrogen and oxygen atoms in total. The summed E-state index contributed by atoms with van der Waals surface area (Å²) in [6.07, 6.45) is 7.05. The largest absolute Gasteiger partial charge is 0.495 e. The van der Waals surface area contributed by atoms with E-state index in [1.54, 1.807) is 25.6 Å². The van der Waals surface area contributed by atoms with E-state index in [-0.39, 0.29) is 17.8 Å². The van der Waals surface area contributed by atoms with Gasteiger partial charge in [0.25, 0.3) is 0 Å². The Labute approximate surface area is 182 Å². The maximum absolute atomic E-state index is 13.2. The van der Waals surface area contributed by atoms with Gasteiger partial charge in [-0.15, -0.1) is 0 Å². The first kappa shape index (κ1) is 22.3. The van der Waals surface area contributed by atoms with E-state index < -0.39 is 0 Å². The van der Waals surface area contributed by atoms with E-state index >= 15 is 0 Å². The lowest BCUT2D eigenvalue weighted by atomic mass is 10.0. The third-order valence-corrected chi connectivity index (χ3v) is 5.06. The fourth-order valence-electron chi connectivity index (χ4n) is 3.40. The Morgan fingerprint density at radius 1 is 1.26 bits per heavy atom. The zero-order valence-electron chi connectivity index (χ0n) is 18.4. The van der Waals surface area contributed by atoms with Crippen molar-refractivity contribution in [3.05, 3.63) is 83.2 Å². The van der Waals surface area contributed by atoms with Crippen molar-refractivity contribution >= 4 is 12.0 Å². The number of hydrogen-bond donors (Lipinski definition) is 1. The maximum atomic E-state index is 13.2. The van der Waals surface area contributed by atoms with Gasteiger partial charge in [-0.05, 0) is 61.7 Å². The number of amides is 1. The first-order valence-corrected chi connectivity index (χ1v) is 10.4.